The molecule has 1 saturated carbocycles. The molecule has 0 radical (unpaired) electrons. The fraction of sp³-hybridized carbons (Fsp3) is 0.714. The van der Waals surface area contributed by atoms with Crippen molar-refractivity contribution in [2.75, 3.05) is 36.9 Å². The van der Waals surface area contributed by atoms with E-state index >= 15 is 0 Å². The van der Waals surface area contributed by atoms with Gasteiger partial charge in [0.05, 0.1) is 0 Å². The van der Waals surface area contributed by atoms with E-state index in [9.17, 15) is 0 Å². The summed E-state index contributed by atoms with van der Waals surface area (Å²) in [5.41, 5.74) is 5.53. The summed E-state index contributed by atoms with van der Waals surface area (Å²) in [7, 11) is 2.04. The molecule has 0 amide bonds. The van der Waals surface area contributed by atoms with E-state index in [0.717, 1.165) is 37.1 Å². The highest BCUT2D eigenvalue weighted by atomic mass is 15.2. The zero-order valence-corrected chi connectivity index (χ0v) is 11.8. The summed E-state index contributed by atoms with van der Waals surface area (Å²) in [6.07, 6.45) is 8.06. The van der Waals surface area contributed by atoms with E-state index in [1.807, 2.05) is 13.1 Å². The minimum absolute atomic E-state index is 0.711. The summed E-state index contributed by atoms with van der Waals surface area (Å²) in [4.78, 5) is 10.7. The minimum atomic E-state index is 0.711. The van der Waals surface area contributed by atoms with Gasteiger partial charge in [-0.25, -0.2) is 9.97 Å². The van der Waals surface area contributed by atoms with Crippen molar-refractivity contribution in [1.82, 2.24) is 9.97 Å². The van der Waals surface area contributed by atoms with Gasteiger partial charge in [0, 0.05) is 26.2 Å². The zero-order chi connectivity index (χ0) is 13.5. The van der Waals surface area contributed by atoms with E-state index in [-0.39, 0.29) is 0 Å². The molecule has 19 heavy (non-hydrogen) atoms. The van der Waals surface area contributed by atoms with Crippen molar-refractivity contribution < 1.29 is 0 Å². The Morgan fingerprint density at radius 1 is 1.37 bits per heavy atom. The molecule has 1 aromatic rings. The molecular formula is C14H25N5. The summed E-state index contributed by atoms with van der Waals surface area (Å²) in [6.45, 7) is 2.67. The molecule has 0 aliphatic heterocycles. The Labute approximate surface area is 115 Å². The van der Waals surface area contributed by atoms with Crippen molar-refractivity contribution in [1.29, 1.82) is 0 Å². The van der Waals surface area contributed by atoms with E-state index in [2.05, 4.69) is 20.2 Å². The number of nitrogens with two attached hydrogens (primary N) is 1. The van der Waals surface area contributed by atoms with E-state index < -0.39 is 0 Å². The highest BCUT2D eigenvalue weighted by Gasteiger charge is 2.14. The highest BCUT2D eigenvalue weighted by Crippen LogP contribution is 2.25. The normalized spacial score (nSPS) is 15.7. The van der Waals surface area contributed by atoms with Gasteiger partial charge in [0.25, 0.3) is 0 Å². The summed E-state index contributed by atoms with van der Waals surface area (Å²) in [5.74, 6) is 2.70. The number of aromatic nitrogens is 2. The Morgan fingerprint density at radius 3 is 2.89 bits per heavy atom. The number of hydrogen-bond donors (Lipinski definition) is 2. The van der Waals surface area contributed by atoms with Crippen LogP contribution in [0.25, 0.3) is 0 Å². The Kier molecular flexibility index (Phi) is 5.39. The second-order valence-electron chi connectivity index (χ2n) is 5.36. The summed E-state index contributed by atoms with van der Waals surface area (Å²) in [5, 5.41) is 3.44. The van der Waals surface area contributed by atoms with Crippen molar-refractivity contribution in [3.8, 4) is 0 Å². The number of nitrogens with one attached hydrogen (secondary N) is 1. The van der Waals surface area contributed by atoms with Crippen molar-refractivity contribution >= 4 is 11.6 Å². The first-order valence-electron chi connectivity index (χ1n) is 7.26. The van der Waals surface area contributed by atoms with Crippen LogP contribution < -0.4 is 16.0 Å². The van der Waals surface area contributed by atoms with Gasteiger partial charge < -0.3 is 16.0 Å². The predicted molar refractivity (Wildman–Crippen MR) is 79.4 cm³/mol. The van der Waals surface area contributed by atoms with Gasteiger partial charge in [-0.2, -0.15) is 0 Å². The molecular weight excluding hydrogens is 238 g/mol. The molecule has 5 nitrogen and oxygen atoms in total. The first-order valence-corrected chi connectivity index (χ1v) is 7.26. The minimum Gasteiger partial charge on any atom is -0.370 e. The topological polar surface area (TPSA) is 67.1 Å². The quantitative estimate of drug-likeness (QED) is 0.786. The Hall–Kier alpha value is -1.36. The van der Waals surface area contributed by atoms with Crippen LogP contribution in [0.5, 0.6) is 0 Å². The van der Waals surface area contributed by atoms with Gasteiger partial charge in [-0.3, -0.25) is 0 Å². The van der Waals surface area contributed by atoms with Gasteiger partial charge in [-0.05, 0) is 31.7 Å². The van der Waals surface area contributed by atoms with Gasteiger partial charge in [-0.1, -0.05) is 12.8 Å². The third-order valence-corrected chi connectivity index (χ3v) is 3.79. The molecule has 1 fully saturated rings. The monoisotopic (exact) mass is 263 g/mol. The first kappa shape index (κ1) is 14.1. The van der Waals surface area contributed by atoms with E-state index in [1.54, 1.807) is 6.33 Å². The third kappa shape index (κ3) is 4.35. The lowest BCUT2D eigenvalue weighted by Gasteiger charge is -2.18. The maximum Gasteiger partial charge on any atom is 0.133 e. The van der Waals surface area contributed by atoms with Gasteiger partial charge in [0.2, 0.25) is 0 Å². The van der Waals surface area contributed by atoms with E-state index in [0.29, 0.717) is 6.54 Å². The maximum absolute atomic E-state index is 5.53. The molecule has 106 valence electrons. The molecule has 0 spiro atoms. The Morgan fingerprint density at radius 2 is 2.16 bits per heavy atom. The highest BCUT2D eigenvalue weighted by molar-refractivity contribution is 5.47. The molecule has 1 aliphatic carbocycles. The number of rotatable bonds is 7. The van der Waals surface area contributed by atoms with Crippen LogP contribution in [0, 0.1) is 5.92 Å². The van der Waals surface area contributed by atoms with Crippen LogP contribution in [0.1, 0.15) is 32.1 Å². The van der Waals surface area contributed by atoms with Crippen LogP contribution in [-0.4, -0.2) is 36.6 Å². The fourth-order valence-electron chi connectivity index (χ4n) is 2.56. The second kappa shape index (κ2) is 7.28. The van der Waals surface area contributed by atoms with Crippen molar-refractivity contribution in [3.05, 3.63) is 12.4 Å². The lowest BCUT2D eigenvalue weighted by molar-refractivity contribution is 0.579. The average molecular weight is 263 g/mol. The molecule has 5 heteroatoms. The Bertz CT molecular complexity index is 376. The second-order valence-corrected chi connectivity index (χ2v) is 5.36. The molecule has 0 aromatic carbocycles. The predicted octanol–water partition coefficient (Wildman–Crippen LogP) is 1.86. The number of hydrogen-bond acceptors (Lipinski definition) is 5. The average Bonchev–Trinajstić information content (AvgIpc) is 2.96. The smallest absolute Gasteiger partial charge is 0.133 e. The standard InChI is InChI=1S/C14H25N5/c1-19(8-4-7-15)14-9-13(17-11-18-14)16-10-12-5-2-3-6-12/h9,11-12H,2-8,10,15H2,1H3,(H,16,17,18). The van der Waals surface area contributed by atoms with Gasteiger partial charge >= 0.3 is 0 Å². The first-order chi connectivity index (χ1) is 9.29. The van der Waals surface area contributed by atoms with Crippen LogP contribution in [0.15, 0.2) is 12.4 Å². The van der Waals surface area contributed by atoms with Crippen LogP contribution in [0.3, 0.4) is 0 Å². The summed E-state index contributed by atoms with van der Waals surface area (Å²) < 4.78 is 0. The molecule has 0 bridgehead atoms. The van der Waals surface area contributed by atoms with Crippen molar-refractivity contribution in [3.63, 3.8) is 0 Å². The molecule has 1 heterocycles. The molecule has 1 aromatic heterocycles. The van der Waals surface area contributed by atoms with Gasteiger partial charge in [0.1, 0.15) is 18.0 Å². The summed E-state index contributed by atoms with van der Waals surface area (Å²) >= 11 is 0. The van der Waals surface area contributed by atoms with E-state index in [1.165, 1.54) is 25.7 Å². The van der Waals surface area contributed by atoms with Crippen LogP contribution in [-0.2, 0) is 0 Å². The molecule has 3 N–H and O–H groups in total. The molecule has 0 atom stereocenters. The maximum atomic E-state index is 5.53. The number of nitrogens with zero attached hydrogens (tertiary/aromatic N) is 3. The van der Waals surface area contributed by atoms with Crippen molar-refractivity contribution in [2.45, 2.75) is 32.1 Å². The van der Waals surface area contributed by atoms with Gasteiger partial charge in [0.15, 0.2) is 0 Å². The van der Waals surface area contributed by atoms with Crippen molar-refractivity contribution in [2.24, 2.45) is 11.7 Å². The SMILES string of the molecule is CN(CCCN)c1cc(NCC2CCCC2)ncn1. The molecule has 2 rings (SSSR count). The Balaban J connectivity index is 1.86. The number of anilines is 2. The van der Waals surface area contributed by atoms with Crippen LogP contribution in [0.2, 0.25) is 0 Å². The lowest BCUT2D eigenvalue weighted by atomic mass is 10.1. The van der Waals surface area contributed by atoms with E-state index in [4.69, 9.17) is 5.73 Å². The lowest BCUT2D eigenvalue weighted by Crippen LogP contribution is -2.22. The largest absolute Gasteiger partial charge is 0.370 e. The van der Waals surface area contributed by atoms with Crippen LogP contribution >= 0.6 is 0 Å². The molecule has 1 aliphatic rings. The fourth-order valence-corrected chi connectivity index (χ4v) is 2.56. The molecule has 0 saturated heterocycles. The summed E-state index contributed by atoms with van der Waals surface area (Å²) in [6, 6.07) is 2.02. The van der Waals surface area contributed by atoms with Gasteiger partial charge in [-0.15, -0.1) is 0 Å². The molecule has 0 unspecified atom stereocenters. The zero-order valence-electron chi connectivity index (χ0n) is 11.8. The third-order valence-electron chi connectivity index (χ3n) is 3.79. The van der Waals surface area contributed by atoms with Crippen LogP contribution in [0.4, 0.5) is 11.6 Å².